The highest BCUT2D eigenvalue weighted by atomic mass is 16.6. The topological polar surface area (TPSA) is 65.1 Å². The van der Waals surface area contributed by atoms with E-state index in [9.17, 15) is 9.59 Å². The lowest BCUT2D eigenvalue weighted by molar-refractivity contribution is -0.161. The smallest absolute Gasteiger partial charge is 0.320 e. The van der Waals surface area contributed by atoms with Gasteiger partial charge in [-0.3, -0.25) is 14.5 Å². The molecule has 1 aliphatic heterocycles. The summed E-state index contributed by atoms with van der Waals surface area (Å²) in [6.45, 7) is 10.7. The molecule has 0 spiro atoms. The number of hydrogen-bond donors (Lipinski definition) is 0. The first-order valence-electron chi connectivity index (χ1n) is 7.04. The number of nitrogens with zero attached hydrogens (tertiary/aromatic N) is 1. The Morgan fingerprint density at radius 3 is 2.10 bits per heavy atom. The number of carbonyl (C=O) groups is 2. The molecule has 0 aromatic rings. The van der Waals surface area contributed by atoms with Crippen LogP contribution < -0.4 is 0 Å². The van der Waals surface area contributed by atoms with Gasteiger partial charge in [0.1, 0.15) is 13.2 Å². The summed E-state index contributed by atoms with van der Waals surface area (Å²) in [7, 11) is 0. The average molecular weight is 297 g/mol. The zero-order valence-electron chi connectivity index (χ0n) is 12.3. The van der Waals surface area contributed by atoms with Gasteiger partial charge in [0.2, 0.25) is 0 Å². The molecule has 0 aromatic heterocycles. The Morgan fingerprint density at radius 2 is 1.62 bits per heavy atom. The van der Waals surface area contributed by atoms with Gasteiger partial charge in [0.25, 0.3) is 0 Å². The zero-order chi connectivity index (χ0) is 15.5. The molecule has 21 heavy (non-hydrogen) atoms. The van der Waals surface area contributed by atoms with Crippen molar-refractivity contribution in [3.05, 3.63) is 25.3 Å². The van der Waals surface area contributed by atoms with E-state index in [0.29, 0.717) is 26.2 Å². The molecule has 1 fully saturated rings. The Morgan fingerprint density at radius 1 is 1.10 bits per heavy atom. The zero-order valence-corrected chi connectivity index (χ0v) is 12.3. The van der Waals surface area contributed by atoms with Gasteiger partial charge in [0.05, 0.1) is 13.2 Å². The molecule has 0 aliphatic carbocycles. The molecule has 0 unspecified atom stereocenters. The summed E-state index contributed by atoms with van der Waals surface area (Å²) in [6, 6.07) is 0. The van der Waals surface area contributed by atoms with Crippen LogP contribution in [0.2, 0.25) is 0 Å². The van der Waals surface area contributed by atoms with Gasteiger partial charge in [-0.05, 0) is 13.0 Å². The molecular weight excluding hydrogens is 274 g/mol. The maximum Gasteiger partial charge on any atom is 0.320 e. The van der Waals surface area contributed by atoms with Crippen LogP contribution >= 0.6 is 0 Å². The molecule has 0 radical (unpaired) electrons. The van der Waals surface area contributed by atoms with Crippen LogP contribution in [0.25, 0.3) is 0 Å². The van der Waals surface area contributed by atoms with Gasteiger partial charge in [-0.15, -0.1) is 0 Å². The van der Waals surface area contributed by atoms with Crippen molar-refractivity contribution in [2.24, 2.45) is 5.92 Å². The SMILES string of the molecule is C=CCOC(=O)C(CCN1CCOCC1)C(=O)OCC=C. The van der Waals surface area contributed by atoms with E-state index in [2.05, 4.69) is 18.1 Å². The fourth-order valence-electron chi connectivity index (χ4n) is 1.95. The fraction of sp³-hybridized carbons (Fsp3) is 0.600. The summed E-state index contributed by atoms with van der Waals surface area (Å²) >= 11 is 0. The van der Waals surface area contributed by atoms with E-state index < -0.39 is 17.9 Å². The van der Waals surface area contributed by atoms with E-state index in [1.54, 1.807) is 0 Å². The van der Waals surface area contributed by atoms with E-state index in [4.69, 9.17) is 14.2 Å². The van der Waals surface area contributed by atoms with Gasteiger partial charge in [0.15, 0.2) is 5.92 Å². The second-order valence-corrected chi connectivity index (χ2v) is 4.63. The van der Waals surface area contributed by atoms with Crippen LogP contribution in [0.15, 0.2) is 25.3 Å². The Bertz CT molecular complexity index is 339. The molecule has 6 heteroatoms. The molecule has 6 nitrogen and oxygen atoms in total. The molecule has 0 amide bonds. The van der Waals surface area contributed by atoms with E-state index in [-0.39, 0.29) is 13.2 Å². The standard InChI is InChI=1S/C15H23NO5/c1-3-9-20-14(17)13(15(18)21-10-4-2)5-6-16-7-11-19-12-8-16/h3-4,13H,1-2,5-12H2. The summed E-state index contributed by atoms with van der Waals surface area (Å²) in [4.78, 5) is 26.0. The lowest BCUT2D eigenvalue weighted by Gasteiger charge is -2.27. The molecule has 1 rings (SSSR count). The second kappa shape index (κ2) is 10.1. The maximum atomic E-state index is 11.9. The highest BCUT2D eigenvalue weighted by Crippen LogP contribution is 2.11. The fourth-order valence-corrected chi connectivity index (χ4v) is 1.95. The largest absolute Gasteiger partial charge is 0.461 e. The monoisotopic (exact) mass is 297 g/mol. The van der Waals surface area contributed by atoms with E-state index in [1.165, 1.54) is 12.2 Å². The molecule has 118 valence electrons. The summed E-state index contributed by atoms with van der Waals surface area (Å²) in [5.74, 6) is -2.05. The van der Waals surface area contributed by atoms with Crippen molar-refractivity contribution in [1.29, 1.82) is 0 Å². The lowest BCUT2D eigenvalue weighted by atomic mass is 10.1. The minimum Gasteiger partial charge on any atom is -0.461 e. The normalized spacial score (nSPS) is 15.5. The molecule has 0 aromatic carbocycles. The van der Waals surface area contributed by atoms with Crippen LogP contribution in [-0.4, -0.2) is 62.9 Å². The average Bonchev–Trinajstić information content (AvgIpc) is 2.52. The van der Waals surface area contributed by atoms with Gasteiger partial charge >= 0.3 is 11.9 Å². The molecule has 1 heterocycles. The predicted octanol–water partition coefficient (Wildman–Crippen LogP) is 0.783. The summed E-state index contributed by atoms with van der Waals surface area (Å²) in [6.07, 6.45) is 3.30. The summed E-state index contributed by atoms with van der Waals surface area (Å²) in [5, 5.41) is 0. The van der Waals surface area contributed by atoms with Gasteiger partial charge in [0, 0.05) is 13.1 Å². The summed E-state index contributed by atoms with van der Waals surface area (Å²) < 4.78 is 15.2. The first-order valence-corrected chi connectivity index (χ1v) is 7.04. The van der Waals surface area contributed by atoms with Gasteiger partial charge < -0.3 is 14.2 Å². The minimum atomic E-state index is -0.909. The second-order valence-electron chi connectivity index (χ2n) is 4.63. The van der Waals surface area contributed by atoms with Gasteiger partial charge in [-0.2, -0.15) is 0 Å². The number of ether oxygens (including phenoxy) is 3. The van der Waals surface area contributed by atoms with E-state index >= 15 is 0 Å². The molecular formula is C15H23NO5. The highest BCUT2D eigenvalue weighted by Gasteiger charge is 2.30. The first-order chi connectivity index (χ1) is 10.2. The number of morpholine rings is 1. The van der Waals surface area contributed by atoms with Crippen LogP contribution in [0.4, 0.5) is 0 Å². The van der Waals surface area contributed by atoms with Crippen molar-refractivity contribution in [2.75, 3.05) is 46.1 Å². The number of rotatable bonds is 9. The summed E-state index contributed by atoms with van der Waals surface area (Å²) in [5.41, 5.74) is 0. The third-order valence-electron chi connectivity index (χ3n) is 3.09. The molecule has 1 aliphatic rings. The van der Waals surface area contributed by atoms with Crippen LogP contribution in [0, 0.1) is 5.92 Å². The van der Waals surface area contributed by atoms with Crippen molar-refractivity contribution in [1.82, 2.24) is 4.90 Å². The van der Waals surface area contributed by atoms with Gasteiger partial charge in [-0.1, -0.05) is 25.3 Å². The predicted molar refractivity (Wildman–Crippen MR) is 77.7 cm³/mol. The van der Waals surface area contributed by atoms with Crippen molar-refractivity contribution in [2.45, 2.75) is 6.42 Å². The first kappa shape index (κ1) is 17.4. The lowest BCUT2D eigenvalue weighted by Crippen LogP contribution is -2.39. The molecule has 0 saturated carbocycles. The van der Waals surface area contributed by atoms with Crippen LogP contribution in [0.5, 0.6) is 0 Å². The maximum absolute atomic E-state index is 11.9. The third-order valence-corrected chi connectivity index (χ3v) is 3.09. The van der Waals surface area contributed by atoms with Crippen LogP contribution in [0.3, 0.4) is 0 Å². The Balaban J connectivity index is 2.52. The molecule has 0 bridgehead atoms. The molecule has 0 atom stereocenters. The quantitative estimate of drug-likeness (QED) is 0.356. The minimum absolute atomic E-state index is 0.0849. The number of esters is 2. The van der Waals surface area contributed by atoms with Gasteiger partial charge in [-0.25, -0.2) is 0 Å². The Labute approximate surface area is 125 Å². The third kappa shape index (κ3) is 6.55. The van der Waals surface area contributed by atoms with Crippen LogP contribution in [0.1, 0.15) is 6.42 Å². The van der Waals surface area contributed by atoms with Crippen molar-refractivity contribution >= 4 is 11.9 Å². The van der Waals surface area contributed by atoms with Crippen LogP contribution in [-0.2, 0) is 23.8 Å². The Kier molecular flexibility index (Phi) is 8.38. The molecule has 0 N–H and O–H groups in total. The van der Waals surface area contributed by atoms with Crippen molar-refractivity contribution in [3.8, 4) is 0 Å². The molecule has 1 saturated heterocycles. The van der Waals surface area contributed by atoms with E-state index in [0.717, 1.165) is 13.1 Å². The number of hydrogen-bond acceptors (Lipinski definition) is 6. The van der Waals surface area contributed by atoms with Crippen molar-refractivity contribution < 1.29 is 23.8 Å². The highest BCUT2D eigenvalue weighted by molar-refractivity contribution is 5.94. The van der Waals surface area contributed by atoms with Crippen molar-refractivity contribution in [3.63, 3.8) is 0 Å². The Hall–Kier alpha value is -1.66. The van der Waals surface area contributed by atoms with E-state index in [1.807, 2.05) is 0 Å². The number of carbonyl (C=O) groups excluding carboxylic acids is 2.